The molecule has 102 valence electrons. The molecule has 0 radical (unpaired) electrons. The SMILES string of the molecule is COc1ccc(C=C(C#N)c2ccc(N=[N+]=[N-])cc2)cc1. The Morgan fingerprint density at radius 3 is 2.38 bits per heavy atom. The molecule has 2 aromatic rings. The van der Waals surface area contributed by atoms with E-state index in [1.54, 1.807) is 37.5 Å². The normalized spacial score (nSPS) is 10.4. The Morgan fingerprint density at radius 1 is 1.19 bits per heavy atom. The number of allylic oxidation sites excluding steroid dienone is 1. The number of benzene rings is 2. The first-order valence-corrected chi connectivity index (χ1v) is 6.18. The van der Waals surface area contributed by atoms with E-state index in [9.17, 15) is 5.26 Å². The molecule has 0 N–H and O–H groups in total. The highest BCUT2D eigenvalue weighted by atomic mass is 16.5. The van der Waals surface area contributed by atoms with E-state index in [4.69, 9.17) is 10.3 Å². The molecule has 2 aromatic carbocycles. The predicted octanol–water partition coefficient (Wildman–Crippen LogP) is 4.70. The summed E-state index contributed by atoms with van der Waals surface area (Å²) in [4.78, 5) is 2.72. The van der Waals surface area contributed by atoms with Crippen LogP contribution in [0.4, 0.5) is 5.69 Å². The molecule has 0 bridgehead atoms. The molecule has 0 aliphatic carbocycles. The summed E-state index contributed by atoms with van der Waals surface area (Å²) in [6.07, 6.45) is 1.79. The summed E-state index contributed by atoms with van der Waals surface area (Å²) in [6.45, 7) is 0. The minimum atomic E-state index is 0.517. The molecule has 0 saturated heterocycles. The second-order valence-electron chi connectivity index (χ2n) is 4.18. The van der Waals surface area contributed by atoms with Gasteiger partial charge in [-0.25, -0.2) is 0 Å². The Balaban J connectivity index is 2.31. The van der Waals surface area contributed by atoms with Crippen molar-refractivity contribution in [3.63, 3.8) is 0 Å². The molecule has 21 heavy (non-hydrogen) atoms. The zero-order valence-electron chi connectivity index (χ0n) is 11.4. The Hall–Kier alpha value is -3.22. The van der Waals surface area contributed by atoms with Gasteiger partial charge in [-0.15, -0.1) is 0 Å². The van der Waals surface area contributed by atoms with Gasteiger partial charge >= 0.3 is 0 Å². The second-order valence-corrected chi connectivity index (χ2v) is 4.18. The highest BCUT2D eigenvalue weighted by Crippen LogP contribution is 2.22. The van der Waals surface area contributed by atoms with Crippen molar-refractivity contribution in [2.75, 3.05) is 7.11 Å². The van der Waals surface area contributed by atoms with Crippen LogP contribution in [0.1, 0.15) is 11.1 Å². The molecule has 5 nitrogen and oxygen atoms in total. The molecule has 0 spiro atoms. The molecule has 0 atom stereocenters. The van der Waals surface area contributed by atoms with Gasteiger partial charge in [0.1, 0.15) is 5.75 Å². The van der Waals surface area contributed by atoms with Crippen molar-refractivity contribution < 1.29 is 4.74 Å². The second kappa shape index (κ2) is 6.80. The third-order valence-corrected chi connectivity index (χ3v) is 2.89. The quantitative estimate of drug-likeness (QED) is 0.266. The number of hydrogen-bond donors (Lipinski definition) is 0. The van der Waals surface area contributed by atoms with Gasteiger partial charge in [0, 0.05) is 10.6 Å². The minimum Gasteiger partial charge on any atom is -0.497 e. The topological polar surface area (TPSA) is 81.8 Å². The van der Waals surface area contributed by atoms with Crippen molar-refractivity contribution in [3.8, 4) is 11.8 Å². The lowest BCUT2D eigenvalue weighted by molar-refractivity contribution is 0.415. The Morgan fingerprint density at radius 2 is 1.86 bits per heavy atom. The van der Waals surface area contributed by atoms with E-state index in [1.165, 1.54) is 0 Å². The van der Waals surface area contributed by atoms with Gasteiger partial charge in [-0.2, -0.15) is 5.26 Å². The highest BCUT2D eigenvalue weighted by molar-refractivity contribution is 5.89. The number of methoxy groups -OCH3 is 1. The van der Waals surface area contributed by atoms with Crippen molar-refractivity contribution in [1.82, 2.24) is 0 Å². The molecule has 0 fully saturated rings. The van der Waals surface area contributed by atoms with Gasteiger partial charge in [-0.05, 0) is 34.9 Å². The third-order valence-electron chi connectivity index (χ3n) is 2.89. The number of hydrogen-bond acceptors (Lipinski definition) is 3. The molecular weight excluding hydrogens is 264 g/mol. The Bertz CT molecular complexity index is 733. The van der Waals surface area contributed by atoms with Crippen molar-refractivity contribution in [1.29, 1.82) is 5.26 Å². The standard InChI is InChI=1S/C16H12N4O/c1-21-16-8-2-12(3-9-16)10-14(11-17)13-4-6-15(7-5-13)19-20-18/h2-10H,1H3. The van der Waals surface area contributed by atoms with Crippen LogP contribution in [0.5, 0.6) is 5.75 Å². The predicted molar refractivity (Wildman–Crippen MR) is 81.7 cm³/mol. The van der Waals surface area contributed by atoms with E-state index in [1.807, 2.05) is 24.3 Å². The zero-order valence-corrected chi connectivity index (χ0v) is 11.4. The number of nitriles is 1. The minimum absolute atomic E-state index is 0.517. The fourth-order valence-electron chi connectivity index (χ4n) is 1.81. The maximum atomic E-state index is 9.29. The average molecular weight is 276 g/mol. The fourth-order valence-corrected chi connectivity index (χ4v) is 1.81. The van der Waals surface area contributed by atoms with Crippen LogP contribution in [0.3, 0.4) is 0 Å². The summed E-state index contributed by atoms with van der Waals surface area (Å²) in [7, 11) is 1.61. The van der Waals surface area contributed by atoms with Crippen LogP contribution in [0.2, 0.25) is 0 Å². The molecule has 0 aliphatic heterocycles. The smallest absolute Gasteiger partial charge is 0.118 e. The number of rotatable bonds is 4. The molecule has 0 aliphatic rings. The van der Waals surface area contributed by atoms with Gasteiger partial charge in [0.25, 0.3) is 0 Å². The van der Waals surface area contributed by atoms with Crippen LogP contribution >= 0.6 is 0 Å². The van der Waals surface area contributed by atoms with E-state index in [-0.39, 0.29) is 0 Å². The van der Waals surface area contributed by atoms with Crippen LogP contribution in [-0.4, -0.2) is 7.11 Å². The Labute approximate surface area is 122 Å². The van der Waals surface area contributed by atoms with Crippen LogP contribution < -0.4 is 4.74 Å². The molecule has 0 unspecified atom stereocenters. The van der Waals surface area contributed by atoms with Gasteiger partial charge in [0.2, 0.25) is 0 Å². The maximum absolute atomic E-state index is 9.29. The van der Waals surface area contributed by atoms with Crippen LogP contribution in [0.15, 0.2) is 53.6 Å². The first kappa shape index (κ1) is 14.2. The summed E-state index contributed by atoms with van der Waals surface area (Å²) >= 11 is 0. The van der Waals surface area contributed by atoms with Crippen molar-refractivity contribution in [2.45, 2.75) is 0 Å². The van der Waals surface area contributed by atoms with Gasteiger partial charge in [-0.3, -0.25) is 0 Å². The monoisotopic (exact) mass is 276 g/mol. The molecule has 5 heteroatoms. The van der Waals surface area contributed by atoms with Gasteiger partial charge in [0.05, 0.1) is 18.8 Å². The van der Waals surface area contributed by atoms with Gasteiger partial charge in [0.15, 0.2) is 0 Å². The van der Waals surface area contributed by atoms with Crippen LogP contribution in [0, 0.1) is 11.3 Å². The number of ether oxygens (including phenoxy) is 1. The summed E-state index contributed by atoms with van der Waals surface area (Å²) < 4.78 is 5.10. The summed E-state index contributed by atoms with van der Waals surface area (Å²) in [5.74, 6) is 0.768. The lowest BCUT2D eigenvalue weighted by atomic mass is 10.0. The first-order chi connectivity index (χ1) is 10.3. The van der Waals surface area contributed by atoms with E-state index < -0.39 is 0 Å². The third kappa shape index (κ3) is 3.63. The molecule has 0 saturated carbocycles. The summed E-state index contributed by atoms with van der Waals surface area (Å²) in [6, 6.07) is 16.5. The largest absolute Gasteiger partial charge is 0.497 e. The lowest BCUT2D eigenvalue weighted by Gasteiger charge is -2.02. The van der Waals surface area contributed by atoms with Gasteiger partial charge < -0.3 is 4.74 Å². The lowest BCUT2D eigenvalue weighted by Crippen LogP contribution is -1.83. The highest BCUT2D eigenvalue weighted by Gasteiger charge is 2.01. The molecular formula is C16H12N4O. The summed E-state index contributed by atoms with van der Waals surface area (Å²) in [5, 5.41) is 12.8. The van der Waals surface area contributed by atoms with Crippen LogP contribution in [0.25, 0.3) is 22.1 Å². The summed E-state index contributed by atoms with van der Waals surface area (Å²) in [5.41, 5.74) is 11.1. The van der Waals surface area contributed by atoms with Crippen molar-refractivity contribution in [3.05, 3.63) is 70.1 Å². The Kier molecular flexibility index (Phi) is 4.60. The van der Waals surface area contributed by atoms with Crippen molar-refractivity contribution in [2.24, 2.45) is 5.11 Å². The van der Waals surface area contributed by atoms with E-state index in [0.717, 1.165) is 16.9 Å². The molecule has 0 amide bonds. The zero-order chi connectivity index (χ0) is 15.1. The average Bonchev–Trinajstić information content (AvgIpc) is 2.54. The number of nitrogens with zero attached hydrogens (tertiary/aromatic N) is 4. The van der Waals surface area contributed by atoms with Crippen molar-refractivity contribution >= 4 is 17.3 Å². The van der Waals surface area contributed by atoms with E-state index >= 15 is 0 Å². The molecule has 0 aromatic heterocycles. The van der Waals surface area contributed by atoms with Gasteiger partial charge in [-0.1, -0.05) is 41.5 Å². The first-order valence-electron chi connectivity index (χ1n) is 6.18. The van der Waals surface area contributed by atoms with E-state index in [2.05, 4.69) is 16.1 Å². The fraction of sp³-hybridized carbons (Fsp3) is 0.0625. The van der Waals surface area contributed by atoms with E-state index in [0.29, 0.717) is 11.3 Å². The van der Waals surface area contributed by atoms with Crippen LogP contribution in [-0.2, 0) is 0 Å². The molecule has 2 rings (SSSR count). The molecule has 0 heterocycles. The maximum Gasteiger partial charge on any atom is 0.118 e. The number of azide groups is 1.